The average molecular weight is 413 g/mol. The van der Waals surface area contributed by atoms with Gasteiger partial charge in [-0.15, -0.1) is 4.72 Å². The lowest BCUT2D eigenvalue weighted by Crippen LogP contribution is -2.46. The fourth-order valence-corrected chi connectivity index (χ4v) is 4.49. The zero-order valence-corrected chi connectivity index (χ0v) is 18.5. The molecule has 4 nitrogen and oxygen atoms in total. The molecule has 1 aliphatic heterocycles. The Bertz CT molecular complexity index is 633. The second kappa shape index (κ2) is 10.2. The maximum atomic E-state index is 13.1. The second-order valence-corrected chi connectivity index (χ2v) is 10.1. The molecule has 1 aromatic rings. The highest BCUT2D eigenvalue weighted by atomic mass is 35.5. The summed E-state index contributed by atoms with van der Waals surface area (Å²) >= 11 is 5.29. The minimum absolute atomic E-state index is 0.0725. The third-order valence-electron chi connectivity index (χ3n) is 5.43. The number of aryl methyl sites for hydroxylation is 1. The van der Waals surface area contributed by atoms with Crippen molar-refractivity contribution in [1.29, 1.82) is 0 Å². The molecule has 152 valence electrons. The fourth-order valence-electron chi connectivity index (χ4n) is 3.18. The van der Waals surface area contributed by atoms with Crippen molar-refractivity contribution in [3.63, 3.8) is 0 Å². The molecule has 0 unspecified atom stereocenters. The van der Waals surface area contributed by atoms with Gasteiger partial charge >= 0.3 is 0 Å². The van der Waals surface area contributed by atoms with Gasteiger partial charge in [-0.25, -0.2) is 0 Å². The minimum Gasteiger partial charge on any atom is -0.598 e. The van der Waals surface area contributed by atoms with E-state index in [0.717, 1.165) is 49.2 Å². The molecule has 0 spiro atoms. The molecule has 0 amide bonds. The lowest BCUT2D eigenvalue weighted by atomic mass is 9.86. The van der Waals surface area contributed by atoms with Crippen LogP contribution in [0.2, 0.25) is 5.02 Å². The van der Waals surface area contributed by atoms with Crippen LogP contribution in [0.5, 0.6) is 5.75 Å². The van der Waals surface area contributed by atoms with Crippen LogP contribution in [-0.4, -0.2) is 29.0 Å². The maximum absolute atomic E-state index is 13.1. The summed E-state index contributed by atoms with van der Waals surface area (Å²) in [6.07, 6.45) is 4.61. The van der Waals surface area contributed by atoms with Gasteiger partial charge in [-0.2, -0.15) is 0 Å². The largest absolute Gasteiger partial charge is 0.598 e. The Morgan fingerprint density at radius 2 is 2.11 bits per heavy atom. The van der Waals surface area contributed by atoms with Crippen molar-refractivity contribution in [3.8, 4) is 5.75 Å². The topological polar surface area (TPSA) is 56.3 Å². The predicted molar refractivity (Wildman–Crippen MR) is 116 cm³/mol. The van der Waals surface area contributed by atoms with Gasteiger partial charge < -0.3 is 14.6 Å². The van der Waals surface area contributed by atoms with Crippen LogP contribution in [0.4, 0.5) is 0 Å². The van der Waals surface area contributed by atoms with Gasteiger partial charge in [0.1, 0.15) is 17.1 Å². The van der Waals surface area contributed by atoms with E-state index in [4.69, 9.17) is 16.3 Å². The first-order valence-corrected chi connectivity index (χ1v) is 11.3. The van der Waals surface area contributed by atoms with E-state index in [-0.39, 0.29) is 10.8 Å². The van der Waals surface area contributed by atoms with Crippen LogP contribution in [0, 0.1) is 12.8 Å². The zero-order chi connectivity index (χ0) is 20.0. The zero-order valence-electron chi connectivity index (χ0n) is 16.9. The van der Waals surface area contributed by atoms with E-state index in [2.05, 4.69) is 23.5 Å². The first-order valence-electron chi connectivity index (χ1n) is 9.72. The Kier molecular flexibility index (Phi) is 8.50. The Morgan fingerprint density at radius 3 is 2.70 bits per heavy atom. The molecule has 1 saturated heterocycles. The smallest absolute Gasteiger partial charge is 0.139 e. The van der Waals surface area contributed by atoms with E-state index in [1.165, 1.54) is 0 Å². The van der Waals surface area contributed by atoms with E-state index >= 15 is 0 Å². The van der Waals surface area contributed by atoms with E-state index in [1.807, 2.05) is 32.9 Å². The summed E-state index contributed by atoms with van der Waals surface area (Å²) in [7, 11) is 0. The summed E-state index contributed by atoms with van der Waals surface area (Å²) in [5.74, 6) is 1.16. The monoisotopic (exact) mass is 412 g/mol. The molecule has 1 heterocycles. The number of nitrogens with one attached hydrogen (secondary N) is 2. The molecule has 27 heavy (non-hydrogen) atoms. The minimum atomic E-state index is -1.18. The van der Waals surface area contributed by atoms with Crippen molar-refractivity contribution in [2.45, 2.75) is 57.7 Å². The summed E-state index contributed by atoms with van der Waals surface area (Å²) in [6.45, 7) is 14.2. The molecule has 6 heteroatoms. The van der Waals surface area contributed by atoms with Crippen molar-refractivity contribution in [1.82, 2.24) is 10.0 Å². The Balaban J connectivity index is 2.42. The predicted octanol–water partition coefficient (Wildman–Crippen LogP) is 4.70. The highest BCUT2D eigenvalue weighted by Gasteiger charge is 2.37. The van der Waals surface area contributed by atoms with Crippen LogP contribution in [0.15, 0.2) is 24.8 Å². The summed E-state index contributed by atoms with van der Waals surface area (Å²) in [5, 5.41) is 4.12. The normalized spacial score (nSPS) is 18.1. The second-order valence-electron chi connectivity index (χ2n) is 7.80. The molecule has 2 N–H and O–H groups in total. The number of ether oxygens (including phenoxy) is 1. The third kappa shape index (κ3) is 5.88. The summed E-state index contributed by atoms with van der Waals surface area (Å²) in [5.41, 5.74) is 1.96. The van der Waals surface area contributed by atoms with Gasteiger partial charge in [0.05, 0.1) is 6.04 Å². The van der Waals surface area contributed by atoms with E-state index in [9.17, 15) is 4.55 Å². The number of hydrogen-bond donors (Lipinski definition) is 2. The molecule has 2 atom stereocenters. The SMILES string of the molecule is C=CCOc1cc(C)c(Cl)cc1[C@H](N[S@@+]([O-])C(C)(C)CC)C1CCNCC1. The van der Waals surface area contributed by atoms with Gasteiger partial charge in [0, 0.05) is 21.9 Å². The van der Waals surface area contributed by atoms with Gasteiger partial charge in [0.25, 0.3) is 0 Å². The Morgan fingerprint density at radius 1 is 1.44 bits per heavy atom. The average Bonchev–Trinajstić information content (AvgIpc) is 2.67. The molecule has 1 aromatic carbocycles. The van der Waals surface area contributed by atoms with Crippen molar-refractivity contribution >= 4 is 23.0 Å². The van der Waals surface area contributed by atoms with Crippen LogP contribution in [0.1, 0.15) is 57.2 Å². The van der Waals surface area contributed by atoms with Crippen molar-refractivity contribution < 1.29 is 9.29 Å². The van der Waals surface area contributed by atoms with Crippen molar-refractivity contribution in [2.75, 3.05) is 19.7 Å². The van der Waals surface area contributed by atoms with E-state index in [1.54, 1.807) is 6.08 Å². The van der Waals surface area contributed by atoms with Gasteiger partial charge in [0.2, 0.25) is 0 Å². The van der Waals surface area contributed by atoms with Crippen LogP contribution < -0.4 is 14.8 Å². The molecule has 0 aliphatic carbocycles. The van der Waals surface area contributed by atoms with Gasteiger partial charge in [-0.1, -0.05) is 31.2 Å². The molecule has 1 aliphatic rings. The number of rotatable bonds is 9. The molecule has 0 radical (unpaired) electrons. The fraction of sp³-hybridized carbons (Fsp3) is 0.619. The molecule has 2 rings (SSSR count). The van der Waals surface area contributed by atoms with E-state index < -0.39 is 11.4 Å². The highest BCUT2D eigenvalue weighted by molar-refractivity contribution is 7.90. The lowest BCUT2D eigenvalue weighted by Gasteiger charge is -2.36. The van der Waals surface area contributed by atoms with Crippen LogP contribution in [0.25, 0.3) is 0 Å². The quantitative estimate of drug-likeness (QED) is 0.456. The van der Waals surface area contributed by atoms with Crippen LogP contribution >= 0.6 is 11.6 Å². The molecule has 0 bridgehead atoms. The molecule has 0 aromatic heterocycles. The number of piperidine rings is 1. The van der Waals surface area contributed by atoms with Gasteiger partial charge in [-0.05, 0) is 76.7 Å². The third-order valence-corrected chi connectivity index (χ3v) is 7.59. The first kappa shape index (κ1) is 22.6. The first-order chi connectivity index (χ1) is 12.8. The number of benzene rings is 1. The van der Waals surface area contributed by atoms with Crippen molar-refractivity contribution in [3.05, 3.63) is 40.9 Å². The molecular weight excluding hydrogens is 380 g/mol. The number of hydrogen-bond acceptors (Lipinski definition) is 4. The highest BCUT2D eigenvalue weighted by Crippen LogP contribution is 2.39. The summed E-state index contributed by atoms with van der Waals surface area (Å²) < 4.78 is 22.2. The standard InChI is InChI=1S/C21H33ClN2O2S/c1-6-12-26-19-13-15(3)18(22)14-17(19)20(16-8-10-23-11-9-16)24-27(25)21(4,5)7-2/h6,13-14,16,20,23-24H,1,7-12H2,2-5H3/t20-,27+/m1/s1. The maximum Gasteiger partial charge on any atom is 0.139 e. The van der Waals surface area contributed by atoms with Crippen molar-refractivity contribution in [2.24, 2.45) is 5.92 Å². The molecular formula is C21H33ClN2O2S. The van der Waals surface area contributed by atoms with E-state index in [0.29, 0.717) is 17.5 Å². The summed E-state index contributed by atoms with van der Waals surface area (Å²) in [6, 6.07) is 3.88. The Labute approximate surface area is 172 Å². The van der Waals surface area contributed by atoms with Crippen LogP contribution in [-0.2, 0) is 11.4 Å². The Hall–Kier alpha value is -0.720. The van der Waals surface area contributed by atoms with Gasteiger partial charge in [-0.3, -0.25) is 0 Å². The van der Waals surface area contributed by atoms with Gasteiger partial charge in [0.15, 0.2) is 0 Å². The number of halogens is 1. The van der Waals surface area contributed by atoms with Crippen LogP contribution in [0.3, 0.4) is 0 Å². The molecule has 1 fully saturated rings. The summed E-state index contributed by atoms with van der Waals surface area (Å²) in [4.78, 5) is 0. The molecule has 0 saturated carbocycles. The lowest BCUT2D eigenvalue weighted by molar-refractivity contribution is 0.292.